The number of hydrogen-bond donors (Lipinski definition) is 0. The fraction of sp³-hybridized carbons (Fsp3) is 0.176. The molecule has 2 amide bonds. The van der Waals surface area contributed by atoms with E-state index >= 15 is 0 Å². The van der Waals surface area contributed by atoms with E-state index in [9.17, 15) is 13.8 Å². The minimum absolute atomic E-state index is 0.0440. The van der Waals surface area contributed by atoms with Gasteiger partial charge in [-0.3, -0.25) is 22.9 Å². The van der Waals surface area contributed by atoms with Crippen LogP contribution in [0.15, 0.2) is 54.6 Å². The van der Waals surface area contributed by atoms with Gasteiger partial charge in [-0.15, -0.1) is 0 Å². The van der Waals surface area contributed by atoms with Crippen molar-refractivity contribution in [2.75, 3.05) is 6.61 Å². The fourth-order valence-electron chi connectivity index (χ4n) is 3.03. The van der Waals surface area contributed by atoms with Crippen molar-refractivity contribution in [1.82, 2.24) is 4.90 Å². The van der Waals surface area contributed by atoms with Crippen LogP contribution in [0.2, 0.25) is 0 Å². The molecule has 6 nitrogen and oxygen atoms in total. The van der Waals surface area contributed by atoms with Gasteiger partial charge in [-0.2, -0.15) is 4.21 Å². The Bertz CT molecular complexity index is 803. The molecule has 0 spiro atoms. The zero-order chi connectivity index (χ0) is 16.7. The second kappa shape index (κ2) is 5.94. The smallest absolute Gasteiger partial charge is 0.269 e. The summed E-state index contributed by atoms with van der Waals surface area (Å²) in [7, 11) is 0. The van der Waals surface area contributed by atoms with E-state index in [1.807, 2.05) is 18.2 Å². The van der Waals surface area contributed by atoms with Gasteiger partial charge in [0.2, 0.25) is 0 Å². The predicted molar refractivity (Wildman–Crippen MR) is 85.1 cm³/mol. The van der Waals surface area contributed by atoms with Crippen molar-refractivity contribution < 1.29 is 22.2 Å². The third-order valence-corrected chi connectivity index (χ3v) is 4.84. The van der Waals surface area contributed by atoms with E-state index in [0.29, 0.717) is 11.1 Å². The Morgan fingerprint density at radius 2 is 1.50 bits per heavy atom. The van der Waals surface area contributed by atoms with E-state index in [-0.39, 0.29) is 18.4 Å². The first-order valence-corrected chi connectivity index (χ1v) is 8.41. The molecular formula is C17H13NO5S. The average Bonchev–Trinajstić information content (AvgIpc) is 2.87. The number of carbonyl (C=O) groups excluding carboxylic acids is 2. The molecule has 0 N–H and O–H groups in total. The molecule has 2 aromatic rings. The number of rotatable bonds is 2. The van der Waals surface area contributed by atoms with Crippen molar-refractivity contribution in [2.24, 2.45) is 0 Å². The second-order valence-corrected chi connectivity index (χ2v) is 6.35. The molecule has 4 rings (SSSR count). The van der Waals surface area contributed by atoms with Crippen LogP contribution in [-0.2, 0) is 19.7 Å². The summed E-state index contributed by atoms with van der Waals surface area (Å²) in [5, 5.41) is 0. The number of carbonyl (C=O) groups is 2. The first-order chi connectivity index (χ1) is 11.7. The van der Waals surface area contributed by atoms with Gasteiger partial charge in [0.05, 0.1) is 23.8 Å². The quantitative estimate of drug-likeness (QED) is 0.780. The third-order valence-electron chi connectivity index (χ3n) is 4.15. The van der Waals surface area contributed by atoms with Crippen molar-refractivity contribution in [3.8, 4) is 0 Å². The van der Waals surface area contributed by atoms with Crippen LogP contribution < -0.4 is 0 Å². The Kier molecular flexibility index (Phi) is 3.76. The van der Waals surface area contributed by atoms with E-state index in [2.05, 4.69) is 0 Å². The van der Waals surface area contributed by atoms with Crippen LogP contribution in [0.4, 0.5) is 0 Å². The molecule has 2 aliphatic rings. The standard InChI is InChI=1S/C17H13NO5S/c19-16-12-8-4-5-9-13(12)17(20)18(16)14-10-22-24(21)23-15(14)11-6-2-1-3-7-11/h1-9,14-15H,10H2/t14-,15-,24?/m0/s1. The Morgan fingerprint density at radius 1 is 0.917 bits per heavy atom. The number of imide groups is 1. The van der Waals surface area contributed by atoms with Crippen LogP contribution in [0, 0.1) is 0 Å². The summed E-state index contributed by atoms with van der Waals surface area (Å²) < 4.78 is 22.1. The van der Waals surface area contributed by atoms with Gasteiger partial charge in [-0.05, 0) is 17.7 Å². The van der Waals surface area contributed by atoms with Crippen LogP contribution in [0.3, 0.4) is 0 Å². The van der Waals surface area contributed by atoms with Crippen molar-refractivity contribution >= 4 is 23.2 Å². The normalized spacial score (nSPS) is 26.5. The SMILES string of the molecule is O=C1c2ccccc2C(=O)N1[C@H]1COS(=O)O[C@H]1c1ccccc1. The summed E-state index contributed by atoms with van der Waals surface area (Å²) in [6, 6.07) is 15.1. The molecule has 2 aromatic carbocycles. The minimum Gasteiger partial charge on any atom is -0.269 e. The van der Waals surface area contributed by atoms with Crippen LogP contribution in [0.1, 0.15) is 32.4 Å². The van der Waals surface area contributed by atoms with Gasteiger partial charge in [0.25, 0.3) is 11.8 Å². The van der Waals surface area contributed by atoms with E-state index in [4.69, 9.17) is 8.37 Å². The van der Waals surface area contributed by atoms with Crippen LogP contribution in [0.5, 0.6) is 0 Å². The lowest BCUT2D eigenvalue weighted by Crippen LogP contribution is -2.49. The highest BCUT2D eigenvalue weighted by molar-refractivity contribution is 7.75. The molecule has 122 valence electrons. The molecule has 0 bridgehead atoms. The maximum Gasteiger partial charge on any atom is 0.305 e. The van der Waals surface area contributed by atoms with E-state index in [0.717, 1.165) is 10.5 Å². The fourth-order valence-corrected chi connectivity index (χ4v) is 3.74. The van der Waals surface area contributed by atoms with Crippen molar-refractivity contribution in [1.29, 1.82) is 0 Å². The highest BCUT2D eigenvalue weighted by Crippen LogP contribution is 2.35. The number of hydrogen-bond acceptors (Lipinski definition) is 5. The van der Waals surface area contributed by atoms with Gasteiger partial charge in [-0.1, -0.05) is 42.5 Å². The molecule has 1 unspecified atom stereocenters. The molecular weight excluding hydrogens is 330 g/mol. The van der Waals surface area contributed by atoms with Gasteiger partial charge in [0, 0.05) is 0 Å². The summed E-state index contributed by atoms with van der Waals surface area (Å²) in [5.41, 5.74) is 1.46. The Morgan fingerprint density at radius 3 is 2.12 bits per heavy atom. The monoisotopic (exact) mass is 343 g/mol. The first kappa shape index (κ1) is 15.2. The summed E-state index contributed by atoms with van der Waals surface area (Å²) in [4.78, 5) is 26.5. The van der Waals surface area contributed by atoms with Crippen LogP contribution >= 0.6 is 0 Å². The maximum atomic E-state index is 12.7. The summed E-state index contributed by atoms with van der Waals surface area (Å²) in [6.07, 6.45) is -0.706. The summed E-state index contributed by atoms with van der Waals surface area (Å²) in [5.74, 6) is -0.775. The number of benzene rings is 2. The lowest BCUT2D eigenvalue weighted by molar-refractivity contribution is 0.0107. The van der Waals surface area contributed by atoms with Crippen molar-refractivity contribution in [3.63, 3.8) is 0 Å². The molecule has 7 heteroatoms. The molecule has 3 atom stereocenters. The van der Waals surface area contributed by atoms with E-state index in [1.165, 1.54) is 0 Å². The first-order valence-electron chi connectivity index (χ1n) is 7.41. The summed E-state index contributed by atoms with van der Waals surface area (Å²) in [6.45, 7) is -0.0440. The van der Waals surface area contributed by atoms with Gasteiger partial charge >= 0.3 is 11.4 Å². The maximum absolute atomic E-state index is 12.7. The Labute approximate surface area is 140 Å². The molecule has 2 heterocycles. The Hall–Kier alpha value is -2.35. The molecule has 24 heavy (non-hydrogen) atoms. The number of fused-ring (bicyclic) bond motifs is 1. The zero-order valence-corrected chi connectivity index (χ0v) is 13.3. The van der Waals surface area contributed by atoms with Crippen LogP contribution in [0.25, 0.3) is 0 Å². The molecule has 0 aliphatic carbocycles. The highest BCUT2D eigenvalue weighted by atomic mass is 32.2. The molecule has 2 aliphatic heterocycles. The molecule has 0 aromatic heterocycles. The van der Waals surface area contributed by atoms with Gasteiger partial charge in [-0.25, -0.2) is 0 Å². The topological polar surface area (TPSA) is 72.9 Å². The van der Waals surface area contributed by atoms with Crippen molar-refractivity contribution in [3.05, 3.63) is 71.3 Å². The second-order valence-electron chi connectivity index (χ2n) is 5.51. The summed E-state index contributed by atoms with van der Waals surface area (Å²) >= 11 is -1.91. The molecule has 0 radical (unpaired) electrons. The highest BCUT2D eigenvalue weighted by Gasteiger charge is 2.46. The zero-order valence-electron chi connectivity index (χ0n) is 12.5. The molecule has 1 fully saturated rings. The lowest BCUT2D eigenvalue weighted by atomic mass is 10.0. The van der Waals surface area contributed by atoms with Crippen molar-refractivity contribution in [2.45, 2.75) is 12.1 Å². The van der Waals surface area contributed by atoms with E-state index < -0.39 is 23.5 Å². The molecule has 1 saturated heterocycles. The van der Waals surface area contributed by atoms with Gasteiger partial charge in [0.15, 0.2) is 0 Å². The third kappa shape index (κ3) is 2.37. The number of amides is 2. The number of nitrogens with zero attached hydrogens (tertiary/aromatic N) is 1. The molecule has 0 saturated carbocycles. The van der Waals surface area contributed by atoms with Crippen LogP contribution in [-0.4, -0.2) is 33.6 Å². The average molecular weight is 343 g/mol. The lowest BCUT2D eigenvalue weighted by Gasteiger charge is -2.35. The predicted octanol–water partition coefficient (Wildman–Crippen LogP) is 2.02. The van der Waals surface area contributed by atoms with Gasteiger partial charge in [0.1, 0.15) is 6.10 Å². The van der Waals surface area contributed by atoms with E-state index in [1.54, 1.807) is 36.4 Å². The largest absolute Gasteiger partial charge is 0.305 e. The Balaban J connectivity index is 1.73. The van der Waals surface area contributed by atoms with Gasteiger partial charge < -0.3 is 0 Å². The minimum atomic E-state index is -1.91.